The predicted molar refractivity (Wildman–Crippen MR) is 89.8 cm³/mol. The number of benzene rings is 1. The Morgan fingerprint density at radius 2 is 1.83 bits per heavy atom. The van der Waals surface area contributed by atoms with Gasteiger partial charge in [-0.25, -0.2) is 0 Å². The van der Waals surface area contributed by atoms with E-state index in [2.05, 4.69) is 15.0 Å². The minimum atomic E-state index is 0.750. The molecular weight excluding hydrogens is 314 g/mol. The van der Waals surface area contributed by atoms with Gasteiger partial charge in [0.15, 0.2) is 5.76 Å². The summed E-state index contributed by atoms with van der Waals surface area (Å²) in [5.41, 5.74) is 2.07. The van der Waals surface area contributed by atoms with Crippen molar-refractivity contribution in [3.8, 4) is 5.75 Å². The summed E-state index contributed by atoms with van der Waals surface area (Å²) in [6.07, 6.45) is 0. The summed E-state index contributed by atoms with van der Waals surface area (Å²) in [6.45, 7) is 7.70. The number of hydrogen-bond acceptors (Lipinski definition) is 5. The normalized spacial score (nSPS) is 16.7. The maximum atomic E-state index is 6.11. The lowest BCUT2D eigenvalue weighted by molar-refractivity contribution is 0.113. The molecule has 1 saturated heterocycles. The van der Waals surface area contributed by atoms with Crippen LogP contribution < -0.4 is 4.74 Å². The number of rotatable bonds is 5. The van der Waals surface area contributed by atoms with Crippen molar-refractivity contribution in [2.75, 3.05) is 33.3 Å². The lowest BCUT2D eigenvalue weighted by Crippen LogP contribution is -2.45. The second-order valence-corrected chi connectivity index (χ2v) is 6.38. The van der Waals surface area contributed by atoms with Gasteiger partial charge in [0.2, 0.25) is 0 Å². The Morgan fingerprint density at radius 3 is 2.43 bits per heavy atom. The van der Waals surface area contributed by atoms with Gasteiger partial charge >= 0.3 is 0 Å². The molecular formula is C17H22ClN3O2. The summed E-state index contributed by atoms with van der Waals surface area (Å²) in [7, 11) is 1.70. The summed E-state index contributed by atoms with van der Waals surface area (Å²) in [5.74, 6) is 1.83. The van der Waals surface area contributed by atoms with Crippen LogP contribution in [0.4, 0.5) is 0 Å². The van der Waals surface area contributed by atoms with Crippen LogP contribution in [0.1, 0.15) is 17.0 Å². The minimum absolute atomic E-state index is 0.750. The first kappa shape index (κ1) is 16.3. The molecule has 0 radical (unpaired) electrons. The van der Waals surface area contributed by atoms with Gasteiger partial charge < -0.3 is 9.26 Å². The van der Waals surface area contributed by atoms with Crippen LogP contribution in [0.3, 0.4) is 0 Å². The first-order valence-corrected chi connectivity index (χ1v) is 8.21. The topological polar surface area (TPSA) is 41.7 Å². The monoisotopic (exact) mass is 335 g/mol. The number of hydrogen-bond donors (Lipinski definition) is 0. The van der Waals surface area contributed by atoms with Crippen LogP contribution in [0.5, 0.6) is 5.75 Å². The molecule has 5 nitrogen and oxygen atoms in total. The lowest BCUT2D eigenvalue weighted by atomic mass is 10.1. The fourth-order valence-corrected chi connectivity index (χ4v) is 3.12. The maximum Gasteiger partial charge on any atom is 0.150 e. The number of piperazine rings is 1. The van der Waals surface area contributed by atoms with E-state index in [0.29, 0.717) is 0 Å². The number of aromatic nitrogens is 1. The molecule has 1 fully saturated rings. The molecule has 23 heavy (non-hydrogen) atoms. The van der Waals surface area contributed by atoms with E-state index in [1.54, 1.807) is 7.11 Å². The molecule has 0 unspecified atom stereocenters. The van der Waals surface area contributed by atoms with Gasteiger partial charge in [0, 0.05) is 49.4 Å². The van der Waals surface area contributed by atoms with E-state index in [1.807, 2.05) is 31.2 Å². The summed E-state index contributed by atoms with van der Waals surface area (Å²) in [6, 6.07) is 7.79. The van der Waals surface area contributed by atoms with E-state index >= 15 is 0 Å². The molecule has 0 amide bonds. The van der Waals surface area contributed by atoms with Crippen LogP contribution >= 0.6 is 11.6 Å². The second-order valence-electron chi connectivity index (χ2n) is 5.94. The Hall–Kier alpha value is -1.56. The zero-order valence-electron chi connectivity index (χ0n) is 13.6. The van der Waals surface area contributed by atoms with Crippen molar-refractivity contribution in [3.63, 3.8) is 0 Å². The smallest absolute Gasteiger partial charge is 0.150 e. The fourth-order valence-electron chi connectivity index (χ4n) is 2.93. The molecule has 0 aliphatic carbocycles. The van der Waals surface area contributed by atoms with Crippen molar-refractivity contribution >= 4 is 11.6 Å². The quantitative estimate of drug-likeness (QED) is 0.840. The van der Waals surface area contributed by atoms with Gasteiger partial charge in [-0.15, -0.1) is 0 Å². The minimum Gasteiger partial charge on any atom is -0.496 e. The molecule has 6 heteroatoms. The molecule has 2 aromatic rings. The molecule has 1 aliphatic rings. The van der Waals surface area contributed by atoms with Crippen LogP contribution in [0.25, 0.3) is 0 Å². The van der Waals surface area contributed by atoms with Crippen molar-refractivity contribution in [2.45, 2.75) is 20.0 Å². The van der Waals surface area contributed by atoms with E-state index in [0.717, 1.165) is 67.1 Å². The first-order chi connectivity index (χ1) is 11.1. The Kier molecular flexibility index (Phi) is 5.20. The fraction of sp³-hybridized carbons (Fsp3) is 0.471. The van der Waals surface area contributed by atoms with Gasteiger partial charge in [-0.05, 0) is 25.1 Å². The van der Waals surface area contributed by atoms with Crippen molar-refractivity contribution in [2.24, 2.45) is 0 Å². The third-order valence-electron chi connectivity index (χ3n) is 4.16. The average molecular weight is 336 g/mol. The van der Waals surface area contributed by atoms with Crippen molar-refractivity contribution < 1.29 is 9.26 Å². The Balaban J connectivity index is 1.54. The van der Waals surface area contributed by atoms with Crippen LogP contribution in [0, 0.1) is 6.92 Å². The molecule has 0 spiro atoms. The van der Waals surface area contributed by atoms with Crippen LogP contribution in [0.2, 0.25) is 5.02 Å². The summed E-state index contributed by atoms with van der Waals surface area (Å²) >= 11 is 6.11. The third-order valence-corrected chi connectivity index (χ3v) is 4.39. The standard InChI is InChI=1S/C17H22ClN3O2/c1-13-9-16(23-19-13)12-21-7-5-20(6-8-21)11-14-10-15(18)3-4-17(14)22-2/h3-4,9-10H,5-8,11-12H2,1-2H3. The third kappa shape index (κ3) is 4.25. The van der Waals surface area contributed by atoms with Gasteiger partial charge in [-0.3, -0.25) is 9.80 Å². The molecule has 0 saturated carbocycles. The van der Waals surface area contributed by atoms with Crippen LogP contribution in [-0.2, 0) is 13.1 Å². The lowest BCUT2D eigenvalue weighted by Gasteiger charge is -2.34. The molecule has 0 bridgehead atoms. The number of halogens is 1. The number of methoxy groups -OCH3 is 1. The first-order valence-electron chi connectivity index (χ1n) is 7.83. The van der Waals surface area contributed by atoms with Crippen LogP contribution in [-0.4, -0.2) is 48.2 Å². The summed E-state index contributed by atoms with van der Waals surface area (Å²) in [5, 5.41) is 4.69. The zero-order chi connectivity index (χ0) is 16.2. The molecule has 124 valence electrons. The predicted octanol–water partition coefficient (Wildman–Crippen LogP) is 2.96. The van der Waals surface area contributed by atoms with Gasteiger partial charge in [0.1, 0.15) is 5.75 Å². The van der Waals surface area contributed by atoms with E-state index in [1.165, 1.54) is 0 Å². The highest BCUT2D eigenvalue weighted by Gasteiger charge is 2.19. The second kappa shape index (κ2) is 7.34. The molecule has 0 atom stereocenters. The number of ether oxygens (including phenoxy) is 1. The summed E-state index contributed by atoms with van der Waals surface area (Å²) < 4.78 is 10.7. The Morgan fingerprint density at radius 1 is 1.13 bits per heavy atom. The Labute approximate surface area is 141 Å². The Bertz CT molecular complexity index is 651. The average Bonchev–Trinajstić information content (AvgIpc) is 2.95. The summed E-state index contributed by atoms with van der Waals surface area (Å²) in [4.78, 5) is 4.82. The zero-order valence-corrected chi connectivity index (χ0v) is 14.3. The van der Waals surface area contributed by atoms with E-state index in [-0.39, 0.29) is 0 Å². The molecule has 1 aromatic heterocycles. The largest absolute Gasteiger partial charge is 0.496 e. The van der Waals surface area contributed by atoms with Crippen molar-refractivity contribution in [3.05, 3.63) is 46.3 Å². The molecule has 1 aromatic carbocycles. The highest BCUT2D eigenvalue weighted by molar-refractivity contribution is 6.30. The van der Waals surface area contributed by atoms with Gasteiger partial charge in [0.25, 0.3) is 0 Å². The SMILES string of the molecule is COc1ccc(Cl)cc1CN1CCN(Cc2cc(C)no2)CC1. The number of nitrogens with zero attached hydrogens (tertiary/aromatic N) is 3. The molecule has 2 heterocycles. The molecule has 0 N–H and O–H groups in total. The molecule has 1 aliphatic heterocycles. The van der Waals surface area contributed by atoms with Gasteiger partial charge in [-0.1, -0.05) is 16.8 Å². The maximum absolute atomic E-state index is 6.11. The van der Waals surface area contributed by atoms with E-state index in [4.69, 9.17) is 20.9 Å². The van der Waals surface area contributed by atoms with Crippen LogP contribution in [0.15, 0.2) is 28.8 Å². The highest BCUT2D eigenvalue weighted by atomic mass is 35.5. The van der Waals surface area contributed by atoms with Gasteiger partial charge in [-0.2, -0.15) is 0 Å². The van der Waals surface area contributed by atoms with Crippen molar-refractivity contribution in [1.82, 2.24) is 15.0 Å². The molecule has 3 rings (SSSR count). The van der Waals surface area contributed by atoms with Crippen molar-refractivity contribution in [1.29, 1.82) is 0 Å². The number of aryl methyl sites for hydroxylation is 1. The van der Waals surface area contributed by atoms with E-state index in [9.17, 15) is 0 Å². The van der Waals surface area contributed by atoms with Gasteiger partial charge in [0.05, 0.1) is 19.3 Å². The highest BCUT2D eigenvalue weighted by Crippen LogP contribution is 2.24. The van der Waals surface area contributed by atoms with E-state index < -0.39 is 0 Å².